The fourth-order valence-corrected chi connectivity index (χ4v) is 4.20. The molecule has 0 bridgehead atoms. The van der Waals surface area contributed by atoms with Crippen LogP contribution in [-0.4, -0.2) is 62.0 Å². The van der Waals surface area contributed by atoms with Gasteiger partial charge in [0.15, 0.2) is 0 Å². The van der Waals surface area contributed by atoms with E-state index in [0.29, 0.717) is 6.61 Å². The third-order valence-corrected chi connectivity index (χ3v) is 5.66. The zero-order valence-electron chi connectivity index (χ0n) is 16.3. The quantitative estimate of drug-likeness (QED) is 0.787. The van der Waals surface area contributed by atoms with E-state index in [-0.39, 0.29) is 12.1 Å². The fraction of sp³-hybridized carbons (Fsp3) is 0.524. The first-order valence-corrected chi connectivity index (χ1v) is 9.69. The molecule has 1 aromatic heterocycles. The van der Waals surface area contributed by atoms with E-state index in [1.165, 1.54) is 5.56 Å². The van der Waals surface area contributed by atoms with Gasteiger partial charge in [0.2, 0.25) is 0 Å². The van der Waals surface area contributed by atoms with Gasteiger partial charge in [0.25, 0.3) is 6.47 Å². The summed E-state index contributed by atoms with van der Waals surface area (Å²) in [7, 11) is 0. The number of carboxylic acid groups (broad SMARTS) is 1. The molecule has 1 spiro atoms. The van der Waals surface area contributed by atoms with Gasteiger partial charge in [-0.2, -0.15) is 0 Å². The van der Waals surface area contributed by atoms with Crippen molar-refractivity contribution in [2.24, 2.45) is 0 Å². The summed E-state index contributed by atoms with van der Waals surface area (Å²) in [4.78, 5) is 14.9. The normalized spacial score (nSPS) is 24.4. The maximum Gasteiger partial charge on any atom is 0.290 e. The molecule has 2 aliphatic rings. The molecule has 2 saturated heterocycles. The molecule has 1 unspecified atom stereocenters. The molecule has 0 amide bonds. The number of piperidine rings is 1. The van der Waals surface area contributed by atoms with Gasteiger partial charge < -0.3 is 19.5 Å². The highest BCUT2D eigenvalue weighted by atomic mass is 16.5. The maximum absolute atomic E-state index is 10.4. The van der Waals surface area contributed by atoms with Crippen LogP contribution in [0.15, 0.2) is 43.0 Å². The Morgan fingerprint density at radius 3 is 2.46 bits per heavy atom. The number of aliphatic hydroxyl groups is 1. The Balaban J connectivity index is 0.000000706. The van der Waals surface area contributed by atoms with Crippen molar-refractivity contribution < 1.29 is 19.7 Å². The van der Waals surface area contributed by atoms with Crippen molar-refractivity contribution in [2.75, 3.05) is 19.7 Å². The van der Waals surface area contributed by atoms with Gasteiger partial charge in [0.05, 0.1) is 24.1 Å². The van der Waals surface area contributed by atoms with Crippen molar-refractivity contribution in [3.05, 3.63) is 48.5 Å². The van der Waals surface area contributed by atoms with E-state index in [9.17, 15) is 5.11 Å². The van der Waals surface area contributed by atoms with Gasteiger partial charge in [0.1, 0.15) is 0 Å². The van der Waals surface area contributed by atoms with E-state index >= 15 is 0 Å². The van der Waals surface area contributed by atoms with Crippen LogP contribution in [0.5, 0.6) is 0 Å². The number of ether oxygens (including phenoxy) is 1. The largest absolute Gasteiger partial charge is 0.483 e. The molecule has 28 heavy (non-hydrogen) atoms. The predicted octanol–water partition coefficient (Wildman–Crippen LogP) is 2.47. The van der Waals surface area contributed by atoms with Crippen LogP contribution in [0.2, 0.25) is 0 Å². The highest BCUT2D eigenvalue weighted by Gasteiger charge is 2.44. The van der Waals surface area contributed by atoms with Crippen molar-refractivity contribution in [1.29, 1.82) is 0 Å². The first-order chi connectivity index (χ1) is 13.5. The predicted molar refractivity (Wildman–Crippen MR) is 105 cm³/mol. The molecule has 0 saturated carbocycles. The molecule has 0 aliphatic carbocycles. The zero-order chi connectivity index (χ0) is 20.0. The van der Waals surface area contributed by atoms with Crippen LogP contribution in [0, 0.1) is 0 Å². The zero-order valence-corrected chi connectivity index (χ0v) is 16.3. The average molecular weight is 387 g/mol. The Morgan fingerprint density at radius 1 is 1.21 bits per heavy atom. The number of imidazole rings is 1. The minimum absolute atomic E-state index is 0.108. The summed E-state index contributed by atoms with van der Waals surface area (Å²) in [6.45, 7) is 5.41. The second-order valence-electron chi connectivity index (χ2n) is 7.97. The average Bonchev–Trinajstić information content (AvgIpc) is 3.19. The lowest BCUT2D eigenvalue weighted by Crippen LogP contribution is -2.53. The van der Waals surface area contributed by atoms with Crippen molar-refractivity contribution in [2.45, 2.75) is 50.4 Å². The minimum Gasteiger partial charge on any atom is -0.483 e. The Kier molecular flexibility index (Phi) is 6.49. The van der Waals surface area contributed by atoms with Gasteiger partial charge in [-0.3, -0.25) is 9.69 Å². The van der Waals surface area contributed by atoms with Crippen LogP contribution in [0.4, 0.5) is 0 Å². The second kappa shape index (κ2) is 8.86. The van der Waals surface area contributed by atoms with Crippen LogP contribution in [-0.2, 0) is 16.1 Å². The van der Waals surface area contributed by atoms with Crippen LogP contribution in [0.1, 0.15) is 38.2 Å². The van der Waals surface area contributed by atoms with Crippen LogP contribution in [0.3, 0.4) is 0 Å². The van der Waals surface area contributed by atoms with Crippen molar-refractivity contribution in [1.82, 2.24) is 14.5 Å². The minimum atomic E-state index is -0.566. The summed E-state index contributed by atoms with van der Waals surface area (Å²) >= 11 is 0. The number of benzene rings is 1. The van der Waals surface area contributed by atoms with Gasteiger partial charge in [0, 0.05) is 44.1 Å². The molecule has 3 heterocycles. The number of likely N-dealkylation sites (tertiary alicyclic amines) is 1. The van der Waals surface area contributed by atoms with Crippen molar-refractivity contribution >= 4 is 6.47 Å². The van der Waals surface area contributed by atoms with Gasteiger partial charge in [-0.15, -0.1) is 0 Å². The Hall–Kier alpha value is -2.22. The van der Waals surface area contributed by atoms with Gasteiger partial charge in [-0.25, -0.2) is 4.98 Å². The first-order valence-electron chi connectivity index (χ1n) is 9.69. The van der Waals surface area contributed by atoms with Crippen LogP contribution < -0.4 is 0 Å². The van der Waals surface area contributed by atoms with Gasteiger partial charge in [-0.05, 0) is 43.9 Å². The fourth-order valence-electron chi connectivity index (χ4n) is 4.20. The van der Waals surface area contributed by atoms with E-state index in [1.54, 1.807) is 6.20 Å². The lowest BCUT2D eigenvalue weighted by atomic mass is 9.78. The molecule has 2 N–H and O–H groups in total. The van der Waals surface area contributed by atoms with E-state index in [0.717, 1.165) is 51.0 Å². The number of carbonyl (C=O) groups is 1. The summed E-state index contributed by atoms with van der Waals surface area (Å²) < 4.78 is 8.12. The topological polar surface area (TPSA) is 87.8 Å². The molecule has 1 atom stereocenters. The Morgan fingerprint density at radius 2 is 1.89 bits per heavy atom. The summed E-state index contributed by atoms with van der Waals surface area (Å²) in [5.41, 5.74) is 1.79. The first kappa shape index (κ1) is 20.5. The standard InChI is InChI=1S/C20H27N3O2.CH2O2/c1-19(24)8-13-25-20(15-19)6-10-22(11-7-20)14-17-2-4-18(5-3-17)23-12-9-21-16-23;2-1-3/h2-5,9,12,16,24H,6-8,10-11,13-15H2,1H3;1H,(H,2,3). The van der Waals surface area contributed by atoms with E-state index in [4.69, 9.17) is 14.6 Å². The SMILES string of the molecule is CC1(O)CCOC2(CCN(Cc3ccc(-n4ccnc4)cc3)CC2)C1.O=CO. The second-order valence-corrected chi connectivity index (χ2v) is 7.97. The molecular formula is C21H29N3O4. The lowest BCUT2D eigenvalue weighted by Gasteiger charge is -2.48. The summed E-state index contributed by atoms with van der Waals surface area (Å²) in [5, 5.41) is 17.3. The summed E-state index contributed by atoms with van der Waals surface area (Å²) in [6.07, 6.45) is 9.11. The number of nitrogens with zero attached hydrogens (tertiary/aromatic N) is 3. The summed E-state index contributed by atoms with van der Waals surface area (Å²) in [5.74, 6) is 0. The van der Waals surface area contributed by atoms with E-state index in [1.807, 2.05) is 24.0 Å². The van der Waals surface area contributed by atoms with E-state index < -0.39 is 5.60 Å². The molecule has 152 valence electrons. The molecule has 7 heteroatoms. The number of rotatable bonds is 3. The molecule has 2 fully saturated rings. The van der Waals surface area contributed by atoms with Crippen LogP contribution in [0.25, 0.3) is 5.69 Å². The number of hydrogen-bond donors (Lipinski definition) is 2. The highest BCUT2D eigenvalue weighted by molar-refractivity contribution is 5.34. The van der Waals surface area contributed by atoms with Gasteiger partial charge >= 0.3 is 0 Å². The molecule has 7 nitrogen and oxygen atoms in total. The lowest BCUT2D eigenvalue weighted by molar-refractivity contribution is -0.173. The molecule has 2 aromatic rings. The highest BCUT2D eigenvalue weighted by Crippen LogP contribution is 2.39. The monoisotopic (exact) mass is 387 g/mol. The molecule has 4 rings (SSSR count). The van der Waals surface area contributed by atoms with Crippen molar-refractivity contribution in [3.63, 3.8) is 0 Å². The number of hydrogen-bond acceptors (Lipinski definition) is 5. The Bertz CT molecular complexity index is 736. The maximum atomic E-state index is 10.4. The molecule has 1 aromatic carbocycles. The van der Waals surface area contributed by atoms with Gasteiger partial charge in [-0.1, -0.05) is 12.1 Å². The number of aromatic nitrogens is 2. The third kappa shape index (κ3) is 5.19. The molecular weight excluding hydrogens is 358 g/mol. The smallest absolute Gasteiger partial charge is 0.290 e. The summed E-state index contributed by atoms with van der Waals surface area (Å²) in [6, 6.07) is 8.68. The third-order valence-electron chi connectivity index (χ3n) is 5.66. The molecule has 0 radical (unpaired) electrons. The van der Waals surface area contributed by atoms with Crippen molar-refractivity contribution in [3.8, 4) is 5.69 Å². The van der Waals surface area contributed by atoms with Crippen LogP contribution >= 0.6 is 0 Å². The van der Waals surface area contributed by atoms with E-state index in [2.05, 4.69) is 34.1 Å². The Labute approximate surface area is 165 Å². The molecule has 2 aliphatic heterocycles.